The van der Waals surface area contributed by atoms with Crippen LogP contribution in [0.25, 0.3) is 0 Å². The van der Waals surface area contributed by atoms with Crippen molar-refractivity contribution < 1.29 is 14.7 Å². The van der Waals surface area contributed by atoms with Crippen LogP contribution in [-0.4, -0.2) is 29.2 Å². The predicted octanol–water partition coefficient (Wildman–Crippen LogP) is -0.467. The Balaban J connectivity index is 2.76. The smallest absolute Gasteiger partial charge is 0.307 e. The Morgan fingerprint density at radius 1 is 1.69 bits per heavy atom. The first-order valence-electron chi connectivity index (χ1n) is 4.24. The zero-order valence-electron chi connectivity index (χ0n) is 7.76. The van der Waals surface area contributed by atoms with Crippen molar-refractivity contribution in [3.8, 4) is 0 Å². The van der Waals surface area contributed by atoms with Gasteiger partial charge in [0.1, 0.15) is 5.66 Å². The molecule has 3 N–H and O–H groups in total. The van der Waals surface area contributed by atoms with Gasteiger partial charge in [-0.2, -0.15) is 0 Å². The number of hydrogen-bond donors (Lipinski definition) is 3. The fourth-order valence-electron chi connectivity index (χ4n) is 1.47. The van der Waals surface area contributed by atoms with Crippen LogP contribution in [0.4, 0.5) is 0 Å². The van der Waals surface area contributed by atoms with Gasteiger partial charge >= 0.3 is 5.97 Å². The van der Waals surface area contributed by atoms with Gasteiger partial charge in [0, 0.05) is 0 Å². The first kappa shape index (κ1) is 9.98. The summed E-state index contributed by atoms with van der Waals surface area (Å²) >= 11 is 0. The Labute approximate surface area is 76.5 Å². The van der Waals surface area contributed by atoms with E-state index in [0.717, 1.165) is 0 Å². The summed E-state index contributed by atoms with van der Waals surface area (Å²) in [7, 11) is 0. The van der Waals surface area contributed by atoms with Crippen molar-refractivity contribution in [1.82, 2.24) is 10.6 Å². The summed E-state index contributed by atoms with van der Waals surface area (Å²) in [6, 6.07) is 0. The van der Waals surface area contributed by atoms with Crippen molar-refractivity contribution in [2.75, 3.05) is 6.54 Å². The lowest BCUT2D eigenvalue weighted by Gasteiger charge is -2.31. The molecule has 13 heavy (non-hydrogen) atoms. The topological polar surface area (TPSA) is 78.4 Å². The number of carbonyl (C=O) groups is 2. The minimum atomic E-state index is -0.914. The Hall–Kier alpha value is -1.10. The van der Waals surface area contributed by atoms with Crippen molar-refractivity contribution in [2.45, 2.75) is 25.9 Å². The van der Waals surface area contributed by atoms with Crippen LogP contribution >= 0.6 is 0 Å². The van der Waals surface area contributed by atoms with E-state index < -0.39 is 11.6 Å². The summed E-state index contributed by atoms with van der Waals surface area (Å²) in [5.74, 6) is -1.01. The summed E-state index contributed by atoms with van der Waals surface area (Å²) in [5.41, 5.74) is -0.761. The maximum absolute atomic E-state index is 11.0. The Morgan fingerprint density at radius 2 is 2.31 bits per heavy atom. The highest BCUT2D eigenvalue weighted by atomic mass is 16.4. The molecular weight excluding hydrogens is 172 g/mol. The number of aliphatic carboxylic acids is 1. The summed E-state index contributed by atoms with van der Waals surface area (Å²) < 4.78 is 0. The fraction of sp³-hybridized carbons (Fsp3) is 0.750. The van der Waals surface area contributed by atoms with Crippen LogP contribution in [0.5, 0.6) is 0 Å². The third kappa shape index (κ3) is 1.98. The highest BCUT2D eigenvalue weighted by Gasteiger charge is 2.41. The molecule has 0 spiro atoms. The summed E-state index contributed by atoms with van der Waals surface area (Å²) in [5, 5.41) is 14.3. The number of rotatable bonds is 3. The largest absolute Gasteiger partial charge is 0.481 e. The standard InChI is InChI=1S/C8H14N2O3/c1-5(2)8(3-7(12)13)9-4-6(11)10-8/h5,9H,3-4H2,1-2H3,(H,10,11)(H,12,13). The molecule has 0 bridgehead atoms. The summed E-state index contributed by atoms with van der Waals surface area (Å²) in [4.78, 5) is 21.6. The molecule has 0 aromatic carbocycles. The molecule has 1 saturated heterocycles. The highest BCUT2D eigenvalue weighted by Crippen LogP contribution is 2.20. The number of carbonyl (C=O) groups excluding carboxylic acids is 1. The van der Waals surface area contributed by atoms with Gasteiger partial charge in [-0.25, -0.2) is 0 Å². The van der Waals surface area contributed by atoms with E-state index in [9.17, 15) is 9.59 Å². The molecule has 5 nitrogen and oxygen atoms in total. The molecule has 0 aromatic rings. The van der Waals surface area contributed by atoms with E-state index in [1.807, 2.05) is 13.8 Å². The van der Waals surface area contributed by atoms with Crippen molar-refractivity contribution in [2.24, 2.45) is 5.92 Å². The van der Waals surface area contributed by atoms with Gasteiger partial charge in [-0.15, -0.1) is 0 Å². The highest BCUT2D eigenvalue weighted by molar-refractivity contribution is 5.82. The Morgan fingerprint density at radius 3 is 2.62 bits per heavy atom. The number of nitrogens with one attached hydrogen (secondary N) is 2. The molecule has 0 aliphatic carbocycles. The normalized spacial score (nSPS) is 27.8. The zero-order valence-corrected chi connectivity index (χ0v) is 7.76. The first-order chi connectivity index (χ1) is 5.96. The van der Waals surface area contributed by atoms with Gasteiger partial charge in [-0.3, -0.25) is 14.9 Å². The zero-order chi connectivity index (χ0) is 10.1. The van der Waals surface area contributed by atoms with E-state index in [0.29, 0.717) is 0 Å². The molecule has 1 unspecified atom stereocenters. The number of carboxylic acids is 1. The number of amides is 1. The molecule has 1 aliphatic rings. The number of carboxylic acid groups (broad SMARTS) is 1. The molecule has 1 atom stereocenters. The third-order valence-electron chi connectivity index (χ3n) is 2.34. The van der Waals surface area contributed by atoms with Crippen LogP contribution in [0.15, 0.2) is 0 Å². The van der Waals surface area contributed by atoms with Crippen molar-refractivity contribution in [3.63, 3.8) is 0 Å². The second-order valence-electron chi connectivity index (χ2n) is 3.60. The van der Waals surface area contributed by atoms with Crippen LogP contribution in [-0.2, 0) is 9.59 Å². The lowest BCUT2D eigenvalue weighted by Crippen LogP contribution is -2.55. The molecule has 1 heterocycles. The van der Waals surface area contributed by atoms with Crippen molar-refractivity contribution in [3.05, 3.63) is 0 Å². The predicted molar refractivity (Wildman–Crippen MR) is 46.0 cm³/mol. The summed E-state index contributed by atoms with van der Waals surface area (Å²) in [6.45, 7) is 3.95. The minimum Gasteiger partial charge on any atom is -0.481 e. The van der Waals surface area contributed by atoms with Gasteiger partial charge in [0.2, 0.25) is 5.91 Å². The molecule has 0 aromatic heterocycles. The maximum atomic E-state index is 11.0. The van der Waals surface area contributed by atoms with Crippen LogP contribution in [0.1, 0.15) is 20.3 Å². The van der Waals surface area contributed by atoms with Crippen LogP contribution in [0.3, 0.4) is 0 Å². The molecule has 0 radical (unpaired) electrons. The minimum absolute atomic E-state index is 0.0510. The van der Waals surface area contributed by atoms with E-state index in [4.69, 9.17) is 5.11 Å². The second-order valence-corrected chi connectivity index (χ2v) is 3.60. The monoisotopic (exact) mass is 186 g/mol. The van der Waals surface area contributed by atoms with Crippen molar-refractivity contribution in [1.29, 1.82) is 0 Å². The molecule has 1 aliphatic heterocycles. The van der Waals surface area contributed by atoms with E-state index >= 15 is 0 Å². The van der Waals surface area contributed by atoms with E-state index in [1.165, 1.54) is 0 Å². The third-order valence-corrected chi connectivity index (χ3v) is 2.34. The average molecular weight is 186 g/mol. The van der Waals surface area contributed by atoms with Gasteiger partial charge in [-0.05, 0) is 5.92 Å². The fourth-order valence-corrected chi connectivity index (χ4v) is 1.47. The van der Waals surface area contributed by atoms with Gasteiger partial charge in [0.15, 0.2) is 0 Å². The van der Waals surface area contributed by atoms with Crippen molar-refractivity contribution >= 4 is 11.9 Å². The number of hydrogen-bond acceptors (Lipinski definition) is 3. The van der Waals surface area contributed by atoms with E-state index in [1.54, 1.807) is 0 Å². The molecule has 5 heteroatoms. The van der Waals surface area contributed by atoms with E-state index in [2.05, 4.69) is 10.6 Å². The first-order valence-corrected chi connectivity index (χ1v) is 4.24. The van der Waals surface area contributed by atoms with Crippen LogP contribution in [0, 0.1) is 5.92 Å². The molecule has 0 saturated carbocycles. The second kappa shape index (κ2) is 3.33. The van der Waals surface area contributed by atoms with Gasteiger partial charge in [-0.1, -0.05) is 13.8 Å². The average Bonchev–Trinajstić information content (AvgIpc) is 2.31. The molecular formula is C8H14N2O3. The quantitative estimate of drug-likeness (QED) is 0.557. The molecule has 1 amide bonds. The molecule has 74 valence electrons. The van der Waals surface area contributed by atoms with Gasteiger partial charge in [0.05, 0.1) is 13.0 Å². The van der Waals surface area contributed by atoms with E-state index in [-0.39, 0.29) is 24.8 Å². The maximum Gasteiger partial charge on any atom is 0.307 e. The summed E-state index contributed by atoms with van der Waals surface area (Å²) in [6.07, 6.45) is -0.0869. The lowest BCUT2D eigenvalue weighted by molar-refractivity contribution is -0.139. The van der Waals surface area contributed by atoms with Gasteiger partial charge < -0.3 is 10.4 Å². The SMILES string of the molecule is CC(C)C1(CC(=O)O)NCC(=O)N1. The van der Waals surface area contributed by atoms with Crippen LogP contribution in [0.2, 0.25) is 0 Å². The van der Waals surface area contributed by atoms with Gasteiger partial charge in [0.25, 0.3) is 0 Å². The molecule has 1 rings (SSSR count). The Bertz CT molecular complexity index is 240. The Kier molecular flexibility index (Phi) is 2.56. The lowest BCUT2D eigenvalue weighted by atomic mass is 9.93. The van der Waals surface area contributed by atoms with Crippen LogP contribution < -0.4 is 10.6 Å². The molecule has 1 fully saturated rings.